The molecule has 1 fully saturated rings. The van der Waals surface area contributed by atoms with E-state index in [0.717, 1.165) is 12.0 Å². The molecule has 0 saturated carbocycles. The van der Waals surface area contributed by atoms with Crippen LogP contribution in [0.1, 0.15) is 50.0 Å². The summed E-state index contributed by atoms with van der Waals surface area (Å²) in [6.07, 6.45) is 0.917. The van der Waals surface area contributed by atoms with Crippen molar-refractivity contribution in [2.45, 2.75) is 46.6 Å². The van der Waals surface area contributed by atoms with Gasteiger partial charge < -0.3 is 21.3 Å². The van der Waals surface area contributed by atoms with E-state index in [9.17, 15) is 9.59 Å². The number of nitrogens with two attached hydrogens (primary N) is 1. The number of rotatable bonds is 3. The number of hydrogen-bond acceptors (Lipinski definition) is 3. The van der Waals surface area contributed by atoms with E-state index in [1.165, 1.54) is 0 Å². The molecule has 2 rings (SSSR count). The van der Waals surface area contributed by atoms with Crippen molar-refractivity contribution in [3.63, 3.8) is 0 Å². The monoisotopic (exact) mass is 382 g/mol. The first kappa shape index (κ1) is 22.3. The van der Waals surface area contributed by atoms with Crippen LogP contribution in [0.2, 0.25) is 0 Å². The zero-order valence-electron chi connectivity index (χ0n) is 16.3. The van der Waals surface area contributed by atoms with Gasteiger partial charge >= 0.3 is 6.03 Å². The third kappa shape index (κ3) is 5.61. The Bertz CT molecular complexity index is 672. The highest BCUT2D eigenvalue weighted by Gasteiger charge is 2.35. The summed E-state index contributed by atoms with van der Waals surface area (Å²) in [4.78, 5) is 26.7. The standard InChI is InChI=1S/C19H30N4O2.ClH/c1-13-6-7-14(10-15(13)21-17(25)22-18(2,3)4)16(24)23-9-8-19(5,11-20)12-23;/h6-7,10H,8-9,11-12,20H2,1-5H3,(H2,21,22,25);1H. The lowest BCUT2D eigenvalue weighted by Crippen LogP contribution is -2.43. The van der Waals surface area contributed by atoms with Gasteiger partial charge in [-0.2, -0.15) is 0 Å². The lowest BCUT2D eigenvalue weighted by molar-refractivity contribution is 0.0777. The maximum atomic E-state index is 12.8. The summed E-state index contributed by atoms with van der Waals surface area (Å²) in [6.45, 7) is 11.7. The van der Waals surface area contributed by atoms with E-state index in [4.69, 9.17) is 5.73 Å². The van der Waals surface area contributed by atoms with Crippen molar-refractivity contribution in [2.75, 3.05) is 25.0 Å². The number of carbonyl (C=O) groups is 2. The summed E-state index contributed by atoms with van der Waals surface area (Å²) in [5.41, 5.74) is 7.63. The van der Waals surface area contributed by atoms with Crippen LogP contribution in [0.4, 0.5) is 10.5 Å². The zero-order valence-corrected chi connectivity index (χ0v) is 17.1. The van der Waals surface area contributed by atoms with E-state index in [1.807, 2.05) is 44.7 Å². The molecule has 1 unspecified atom stereocenters. The van der Waals surface area contributed by atoms with Gasteiger partial charge in [0.1, 0.15) is 0 Å². The quantitative estimate of drug-likeness (QED) is 0.750. The Hall–Kier alpha value is -1.79. The number of urea groups is 1. The molecule has 0 aliphatic carbocycles. The number of halogens is 1. The second kappa shape index (κ2) is 8.27. The molecule has 146 valence electrons. The maximum Gasteiger partial charge on any atom is 0.319 e. The second-order valence-electron chi connectivity index (χ2n) is 8.35. The fourth-order valence-corrected chi connectivity index (χ4v) is 2.93. The number of benzene rings is 1. The van der Waals surface area contributed by atoms with Crippen LogP contribution in [0.25, 0.3) is 0 Å². The van der Waals surface area contributed by atoms with Gasteiger partial charge in [-0.15, -0.1) is 12.4 Å². The molecule has 1 atom stereocenters. The summed E-state index contributed by atoms with van der Waals surface area (Å²) < 4.78 is 0. The number of nitrogens with one attached hydrogen (secondary N) is 2. The first-order valence-corrected chi connectivity index (χ1v) is 8.72. The van der Waals surface area contributed by atoms with Crippen LogP contribution < -0.4 is 16.4 Å². The SMILES string of the molecule is Cc1ccc(C(=O)N2CCC(C)(CN)C2)cc1NC(=O)NC(C)(C)C.Cl. The molecular weight excluding hydrogens is 352 g/mol. The smallest absolute Gasteiger partial charge is 0.319 e. The number of amides is 3. The van der Waals surface area contributed by atoms with E-state index in [-0.39, 0.29) is 35.3 Å². The zero-order chi connectivity index (χ0) is 18.8. The van der Waals surface area contributed by atoms with Gasteiger partial charge in [0.25, 0.3) is 5.91 Å². The molecule has 0 bridgehead atoms. The van der Waals surface area contributed by atoms with E-state index in [0.29, 0.717) is 30.9 Å². The molecule has 0 spiro atoms. The van der Waals surface area contributed by atoms with Gasteiger partial charge in [0.05, 0.1) is 0 Å². The topological polar surface area (TPSA) is 87.5 Å². The fraction of sp³-hybridized carbons (Fsp3) is 0.579. The highest BCUT2D eigenvalue weighted by atomic mass is 35.5. The largest absolute Gasteiger partial charge is 0.338 e. The van der Waals surface area contributed by atoms with Gasteiger partial charge in [0, 0.05) is 29.9 Å². The average molecular weight is 383 g/mol. The molecule has 6 nitrogen and oxygen atoms in total. The lowest BCUT2D eigenvalue weighted by atomic mass is 9.90. The number of anilines is 1. The van der Waals surface area contributed by atoms with Crippen LogP contribution in [-0.2, 0) is 0 Å². The molecule has 3 amide bonds. The molecule has 1 aromatic carbocycles. The highest BCUT2D eigenvalue weighted by molar-refractivity contribution is 5.97. The summed E-state index contributed by atoms with van der Waals surface area (Å²) in [6, 6.07) is 5.13. The molecule has 1 saturated heterocycles. The minimum Gasteiger partial charge on any atom is -0.338 e. The summed E-state index contributed by atoms with van der Waals surface area (Å²) in [7, 11) is 0. The molecule has 1 aromatic rings. The third-order valence-electron chi connectivity index (χ3n) is 4.56. The first-order valence-electron chi connectivity index (χ1n) is 8.72. The molecule has 7 heteroatoms. The second-order valence-corrected chi connectivity index (χ2v) is 8.35. The van der Waals surface area contributed by atoms with Crippen molar-refractivity contribution in [2.24, 2.45) is 11.1 Å². The third-order valence-corrected chi connectivity index (χ3v) is 4.56. The van der Waals surface area contributed by atoms with Gasteiger partial charge in [0.15, 0.2) is 0 Å². The lowest BCUT2D eigenvalue weighted by Gasteiger charge is -2.23. The van der Waals surface area contributed by atoms with Crippen LogP contribution in [-0.4, -0.2) is 42.0 Å². The van der Waals surface area contributed by atoms with Gasteiger partial charge in [-0.3, -0.25) is 4.79 Å². The van der Waals surface area contributed by atoms with Crippen molar-refractivity contribution in [1.82, 2.24) is 10.2 Å². The number of hydrogen-bond donors (Lipinski definition) is 3. The van der Waals surface area contributed by atoms with Crippen LogP contribution >= 0.6 is 12.4 Å². The average Bonchev–Trinajstić information content (AvgIpc) is 2.90. The summed E-state index contributed by atoms with van der Waals surface area (Å²) in [5.74, 6) is -0.0172. The van der Waals surface area contributed by atoms with Crippen molar-refractivity contribution in [3.05, 3.63) is 29.3 Å². The van der Waals surface area contributed by atoms with Gasteiger partial charge in [-0.1, -0.05) is 13.0 Å². The normalized spacial score (nSPS) is 19.7. The predicted octanol–water partition coefficient (Wildman–Crippen LogP) is 3.15. The van der Waals surface area contributed by atoms with E-state index in [2.05, 4.69) is 17.6 Å². The molecule has 1 aliphatic rings. The Balaban J connectivity index is 0.00000338. The van der Waals surface area contributed by atoms with Crippen molar-refractivity contribution < 1.29 is 9.59 Å². The Morgan fingerprint density at radius 1 is 1.31 bits per heavy atom. The molecule has 26 heavy (non-hydrogen) atoms. The van der Waals surface area contributed by atoms with Crippen molar-refractivity contribution in [1.29, 1.82) is 0 Å². The van der Waals surface area contributed by atoms with Crippen LogP contribution in [0, 0.1) is 12.3 Å². The highest BCUT2D eigenvalue weighted by Crippen LogP contribution is 2.30. The summed E-state index contributed by atoms with van der Waals surface area (Å²) >= 11 is 0. The minimum absolute atomic E-state index is 0. The van der Waals surface area contributed by atoms with Crippen molar-refractivity contribution >= 4 is 30.0 Å². The van der Waals surface area contributed by atoms with E-state index in [1.54, 1.807) is 6.07 Å². The number of likely N-dealkylation sites (tertiary alicyclic amines) is 1. The number of carbonyl (C=O) groups excluding carboxylic acids is 2. The molecular formula is C19H31ClN4O2. The van der Waals surface area contributed by atoms with Gasteiger partial charge in [-0.05, 0) is 63.8 Å². The molecule has 0 radical (unpaired) electrons. The summed E-state index contributed by atoms with van der Waals surface area (Å²) in [5, 5.41) is 5.70. The Labute approximate surface area is 162 Å². The van der Waals surface area contributed by atoms with Gasteiger partial charge in [0.2, 0.25) is 0 Å². The Morgan fingerprint density at radius 3 is 2.50 bits per heavy atom. The molecule has 1 heterocycles. The van der Waals surface area contributed by atoms with E-state index < -0.39 is 0 Å². The van der Waals surface area contributed by atoms with Crippen molar-refractivity contribution in [3.8, 4) is 0 Å². The molecule has 4 N–H and O–H groups in total. The number of nitrogens with zero attached hydrogens (tertiary/aromatic N) is 1. The Morgan fingerprint density at radius 2 is 1.96 bits per heavy atom. The first-order chi connectivity index (χ1) is 11.5. The molecule has 0 aromatic heterocycles. The van der Waals surface area contributed by atoms with Crippen LogP contribution in [0.3, 0.4) is 0 Å². The predicted molar refractivity (Wildman–Crippen MR) is 108 cm³/mol. The minimum atomic E-state index is -0.326. The van der Waals surface area contributed by atoms with Gasteiger partial charge in [-0.25, -0.2) is 4.79 Å². The maximum absolute atomic E-state index is 12.8. The molecule has 1 aliphatic heterocycles. The number of aryl methyl sites for hydroxylation is 1. The van der Waals surface area contributed by atoms with E-state index >= 15 is 0 Å². The fourth-order valence-electron chi connectivity index (χ4n) is 2.93. The van der Waals surface area contributed by atoms with Crippen LogP contribution in [0.5, 0.6) is 0 Å². The van der Waals surface area contributed by atoms with Crippen LogP contribution in [0.15, 0.2) is 18.2 Å². The Kier molecular flexibility index (Phi) is 7.08.